The molecule has 0 atom stereocenters. The van der Waals surface area contributed by atoms with E-state index >= 15 is 0 Å². The van der Waals surface area contributed by atoms with E-state index in [0.717, 1.165) is 5.69 Å². The molecule has 0 aromatic heterocycles. The number of nitrogens with zero attached hydrogens (tertiary/aromatic N) is 1. The van der Waals surface area contributed by atoms with Gasteiger partial charge in [-0.05, 0) is 5.92 Å². The van der Waals surface area contributed by atoms with Crippen LogP contribution >= 0.6 is 0 Å². The molecule has 0 amide bonds. The smallest absolute Gasteiger partial charge is 0.0231 e. The molecule has 0 bridgehead atoms. The van der Waals surface area contributed by atoms with Crippen molar-refractivity contribution in [2.75, 3.05) is 0 Å². The van der Waals surface area contributed by atoms with Crippen LogP contribution in [-0.4, -0.2) is 0 Å². The van der Waals surface area contributed by atoms with Gasteiger partial charge in [-0.25, -0.2) is 0 Å². The van der Waals surface area contributed by atoms with Gasteiger partial charge in [-0.2, -0.15) is 0 Å². The van der Waals surface area contributed by atoms with Crippen molar-refractivity contribution >= 4 is 5.69 Å². The fraction of sp³-hybridized carbons (Fsp3) is 0.333. The molecule has 1 aromatic rings. The van der Waals surface area contributed by atoms with E-state index in [1.165, 1.54) is 5.56 Å². The van der Waals surface area contributed by atoms with Crippen LogP contribution < -0.4 is 5.84 Å². The van der Waals surface area contributed by atoms with Crippen molar-refractivity contribution in [3.63, 3.8) is 0 Å². The van der Waals surface area contributed by atoms with E-state index in [1.807, 2.05) is 18.2 Å². The summed E-state index contributed by atoms with van der Waals surface area (Å²) in [6, 6.07) is 7.92. The molecule has 0 radical (unpaired) electrons. The predicted octanol–water partition coefficient (Wildman–Crippen LogP) is 2.69. The first-order chi connectivity index (χ1) is 5.25. The van der Waals surface area contributed by atoms with Crippen molar-refractivity contribution in [2.45, 2.75) is 19.8 Å². The number of rotatable bonds is 2. The second-order valence-corrected chi connectivity index (χ2v) is 2.84. The molecule has 0 fully saturated rings. The standard InChI is InChI=1S/C9H13N2/c1-7(2)8-5-3-4-6-9(8)11-10/h3-7H,10H2,1-2H3/q-1. The van der Waals surface area contributed by atoms with Crippen molar-refractivity contribution in [3.8, 4) is 0 Å². The molecule has 60 valence electrons. The summed E-state index contributed by atoms with van der Waals surface area (Å²) in [5.41, 5.74) is 5.79. The van der Waals surface area contributed by atoms with E-state index < -0.39 is 0 Å². The summed E-state index contributed by atoms with van der Waals surface area (Å²) in [6.07, 6.45) is 0. The summed E-state index contributed by atoms with van der Waals surface area (Å²) in [6.45, 7) is 4.26. The van der Waals surface area contributed by atoms with Crippen LogP contribution in [-0.2, 0) is 0 Å². The topological polar surface area (TPSA) is 40.1 Å². The average Bonchev–Trinajstić information content (AvgIpc) is 2.04. The SMILES string of the molecule is CC(C)c1ccccc1[N-]N. The molecule has 0 aliphatic carbocycles. The average molecular weight is 149 g/mol. The molecule has 0 heterocycles. The fourth-order valence-electron chi connectivity index (χ4n) is 1.09. The zero-order valence-corrected chi connectivity index (χ0v) is 6.91. The summed E-state index contributed by atoms with van der Waals surface area (Å²) < 4.78 is 0. The maximum absolute atomic E-state index is 5.21. The van der Waals surface area contributed by atoms with Gasteiger partial charge in [-0.1, -0.05) is 43.7 Å². The van der Waals surface area contributed by atoms with Crippen LogP contribution in [0.5, 0.6) is 0 Å². The van der Waals surface area contributed by atoms with E-state index in [-0.39, 0.29) is 0 Å². The van der Waals surface area contributed by atoms with E-state index in [4.69, 9.17) is 5.84 Å². The molecule has 11 heavy (non-hydrogen) atoms. The monoisotopic (exact) mass is 149 g/mol. The van der Waals surface area contributed by atoms with Crippen molar-refractivity contribution < 1.29 is 0 Å². The van der Waals surface area contributed by atoms with Gasteiger partial charge in [0.05, 0.1) is 0 Å². The Balaban J connectivity index is 3.02. The molecular formula is C9H13N2-. The lowest BCUT2D eigenvalue weighted by Gasteiger charge is -2.21. The van der Waals surface area contributed by atoms with E-state index in [0.29, 0.717) is 5.92 Å². The van der Waals surface area contributed by atoms with E-state index in [1.54, 1.807) is 0 Å². The summed E-state index contributed by atoms with van der Waals surface area (Å²) in [4.78, 5) is 0. The third-order valence-electron chi connectivity index (χ3n) is 1.70. The lowest BCUT2D eigenvalue weighted by atomic mass is 10.0. The highest BCUT2D eigenvalue weighted by atomic mass is 15.2. The third kappa shape index (κ3) is 1.71. The Morgan fingerprint density at radius 2 is 1.91 bits per heavy atom. The molecule has 2 heteroatoms. The van der Waals surface area contributed by atoms with Crippen LogP contribution in [0, 0.1) is 0 Å². The van der Waals surface area contributed by atoms with Crippen LogP contribution in [0.1, 0.15) is 25.3 Å². The highest BCUT2D eigenvalue weighted by molar-refractivity contribution is 5.55. The molecule has 2 nitrogen and oxygen atoms in total. The van der Waals surface area contributed by atoms with Crippen LogP contribution in [0.2, 0.25) is 0 Å². The predicted molar refractivity (Wildman–Crippen MR) is 47.7 cm³/mol. The van der Waals surface area contributed by atoms with Crippen LogP contribution in [0.15, 0.2) is 24.3 Å². The zero-order chi connectivity index (χ0) is 8.27. The van der Waals surface area contributed by atoms with Gasteiger partial charge in [0.2, 0.25) is 0 Å². The molecule has 0 aliphatic heterocycles. The van der Waals surface area contributed by atoms with Gasteiger partial charge < -0.3 is 11.3 Å². The maximum atomic E-state index is 5.21. The zero-order valence-electron chi connectivity index (χ0n) is 6.91. The lowest BCUT2D eigenvalue weighted by Crippen LogP contribution is -1.91. The molecular weight excluding hydrogens is 136 g/mol. The first-order valence-corrected chi connectivity index (χ1v) is 3.75. The van der Waals surface area contributed by atoms with Crippen LogP contribution in [0.4, 0.5) is 5.69 Å². The van der Waals surface area contributed by atoms with E-state index in [9.17, 15) is 0 Å². The van der Waals surface area contributed by atoms with Crippen molar-refractivity contribution in [1.82, 2.24) is 0 Å². The second kappa shape index (κ2) is 3.39. The van der Waals surface area contributed by atoms with Gasteiger partial charge in [0.25, 0.3) is 0 Å². The molecule has 0 spiro atoms. The van der Waals surface area contributed by atoms with Crippen molar-refractivity contribution in [1.29, 1.82) is 0 Å². The molecule has 0 aliphatic rings. The summed E-state index contributed by atoms with van der Waals surface area (Å²) in [5, 5.41) is 0. The van der Waals surface area contributed by atoms with Gasteiger partial charge in [-0.15, -0.1) is 5.69 Å². The fourth-order valence-corrected chi connectivity index (χ4v) is 1.09. The number of hydrogen-bond donors (Lipinski definition) is 1. The highest BCUT2D eigenvalue weighted by Crippen LogP contribution is 2.26. The Morgan fingerprint density at radius 3 is 2.36 bits per heavy atom. The van der Waals surface area contributed by atoms with Gasteiger partial charge in [0, 0.05) is 0 Å². The number of nitrogens with two attached hydrogens (primary N) is 1. The lowest BCUT2D eigenvalue weighted by molar-refractivity contribution is 0.869. The Kier molecular flexibility index (Phi) is 2.49. The maximum Gasteiger partial charge on any atom is -0.0231 e. The Morgan fingerprint density at radius 1 is 1.27 bits per heavy atom. The minimum atomic E-state index is 0.485. The first kappa shape index (κ1) is 8.08. The van der Waals surface area contributed by atoms with Crippen molar-refractivity contribution in [3.05, 3.63) is 35.3 Å². The molecule has 0 saturated heterocycles. The Hall–Kier alpha value is -1.02. The van der Waals surface area contributed by atoms with Crippen molar-refractivity contribution in [2.24, 2.45) is 5.84 Å². The van der Waals surface area contributed by atoms with Crippen LogP contribution in [0.25, 0.3) is 5.43 Å². The highest BCUT2D eigenvalue weighted by Gasteiger charge is 1.97. The molecule has 1 aromatic carbocycles. The Labute approximate surface area is 67.4 Å². The second-order valence-electron chi connectivity index (χ2n) is 2.84. The molecule has 1 rings (SSSR count). The summed E-state index contributed by atoms with van der Waals surface area (Å²) >= 11 is 0. The first-order valence-electron chi connectivity index (χ1n) is 3.75. The van der Waals surface area contributed by atoms with Crippen LogP contribution in [0.3, 0.4) is 0 Å². The van der Waals surface area contributed by atoms with Gasteiger partial charge >= 0.3 is 0 Å². The summed E-state index contributed by atoms with van der Waals surface area (Å²) in [7, 11) is 0. The number of hydrogen-bond acceptors (Lipinski definition) is 1. The summed E-state index contributed by atoms with van der Waals surface area (Å²) in [5.74, 6) is 5.70. The molecule has 2 N–H and O–H groups in total. The minimum absolute atomic E-state index is 0.485. The quantitative estimate of drug-likeness (QED) is 0.509. The Bertz CT molecular complexity index is 231. The third-order valence-corrected chi connectivity index (χ3v) is 1.70. The van der Waals surface area contributed by atoms with Gasteiger partial charge in [0.15, 0.2) is 0 Å². The normalized spacial score (nSPS) is 10.2. The van der Waals surface area contributed by atoms with Gasteiger partial charge in [-0.3, -0.25) is 0 Å². The minimum Gasteiger partial charge on any atom is -0.625 e. The molecule has 0 saturated carbocycles. The molecule has 0 unspecified atom stereocenters. The van der Waals surface area contributed by atoms with Gasteiger partial charge in [0.1, 0.15) is 0 Å². The number of benzene rings is 1. The van der Waals surface area contributed by atoms with E-state index in [2.05, 4.69) is 25.3 Å². The largest absolute Gasteiger partial charge is 0.625 e.